The van der Waals surface area contributed by atoms with Crippen LogP contribution < -0.4 is 5.73 Å². The van der Waals surface area contributed by atoms with Crippen LogP contribution in [-0.4, -0.2) is 14.2 Å². The van der Waals surface area contributed by atoms with E-state index in [-0.39, 0.29) is 11.1 Å². The lowest BCUT2D eigenvalue weighted by molar-refractivity contribution is -0.123. The summed E-state index contributed by atoms with van der Waals surface area (Å²) >= 11 is 0. The summed E-state index contributed by atoms with van der Waals surface area (Å²) in [5.74, 6) is -3.92. The molecule has 25 heavy (non-hydrogen) atoms. The molecule has 0 bridgehead atoms. The third kappa shape index (κ3) is 3.80. The Morgan fingerprint density at radius 3 is 2.64 bits per heavy atom. The number of Topliss-reactive ketones (excluding diaryl/α,β-unsaturated/α-hetero) is 1. The summed E-state index contributed by atoms with van der Waals surface area (Å²) in [5.41, 5.74) is 2.03. The van der Waals surface area contributed by atoms with Crippen molar-refractivity contribution in [3.63, 3.8) is 0 Å². The molecule has 0 saturated heterocycles. The molecule has 6 nitrogen and oxygen atoms in total. The molecule has 2 aromatic rings. The third-order valence-electron chi connectivity index (χ3n) is 3.14. The molecule has 130 valence electrons. The van der Waals surface area contributed by atoms with Gasteiger partial charge in [-0.3, -0.25) is 4.79 Å². The topological polar surface area (TPSA) is 95.7 Å². The van der Waals surface area contributed by atoms with Crippen molar-refractivity contribution in [2.75, 3.05) is 0 Å². The molecule has 1 heterocycles. The summed E-state index contributed by atoms with van der Waals surface area (Å²) in [5, 5.41) is 0. The Balaban J connectivity index is 1.94. The number of halogens is 1. The molecule has 1 aliphatic heterocycles. The third-order valence-corrected chi connectivity index (χ3v) is 4.02. The van der Waals surface area contributed by atoms with E-state index < -0.39 is 45.1 Å². The van der Waals surface area contributed by atoms with Gasteiger partial charge in [-0.2, -0.15) is 8.42 Å². The number of hydrogen-bond acceptors (Lipinski definition) is 6. The minimum atomic E-state index is -5.07. The second kappa shape index (κ2) is 6.56. The first-order valence-corrected chi connectivity index (χ1v) is 8.39. The number of carbonyl (C=O) groups is 1. The number of benzene rings is 2. The quantitative estimate of drug-likeness (QED) is 0.815. The van der Waals surface area contributed by atoms with Crippen LogP contribution in [0.5, 0.6) is 0 Å². The highest BCUT2D eigenvalue weighted by atomic mass is 32.2. The van der Waals surface area contributed by atoms with E-state index in [1.54, 1.807) is 6.07 Å². The van der Waals surface area contributed by atoms with Crippen LogP contribution in [0.2, 0.25) is 0 Å². The van der Waals surface area contributed by atoms with Gasteiger partial charge in [0, 0.05) is 5.56 Å². The SMILES string of the molecule is [2H]C([2H])(c1ccccc1)S(=O)(=O)OC1=C(N)O[C@@]([2H])(c2cccc(F)c2)C1=O. The molecule has 0 saturated carbocycles. The van der Waals surface area contributed by atoms with Gasteiger partial charge in [-0.25, -0.2) is 4.39 Å². The Morgan fingerprint density at radius 1 is 1.24 bits per heavy atom. The van der Waals surface area contributed by atoms with E-state index in [1.807, 2.05) is 0 Å². The summed E-state index contributed by atoms with van der Waals surface area (Å²) < 4.78 is 72.0. The molecule has 0 unspecified atom stereocenters. The lowest BCUT2D eigenvalue weighted by atomic mass is 10.1. The van der Waals surface area contributed by atoms with Crippen molar-refractivity contribution in [1.29, 1.82) is 0 Å². The lowest BCUT2D eigenvalue weighted by Gasteiger charge is -2.09. The second-order valence-electron chi connectivity index (χ2n) is 4.97. The lowest BCUT2D eigenvalue weighted by Crippen LogP contribution is -2.16. The molecule has 0 aromatic heterocycles. The molecule has 1 atom stereocenters. The van der Waals surface area contributed by atoms with Gasteiger partial charge < -0.3 is 14.7 Å². The molecule has 2 N–H and O–H groups in total. The number of nitrogens with two attached hydrogens (primary N) is 1. The predicted octanol–water partition coefficient (Wildman–Crippen LogP) is 2.14. The van der Waals surface area contributed by atoms with Gasteiger partial charge in [0.05, 0.1) is 4.11 Å². The first-order valence-electron chi connectivity index (χ1n) is 8.48. The van der Waals surface area contributed by atoms with Gasteiger partial charge in [0.1, 0.15) is 11.5 Å². The molecule has 0 radical (unpaired) electrons. The Kier molecular flexibility index (Phi) is 3.52. The summed E-state index contributed by atoms with van der Waals surface area (Å²) in [6.45, 7) is 0. The highest BCUT2D eigenvalue weighted by molar-refractivity contribution is 7.86. The van der Waals surface area contributed by atoms with Gasteiger partial charge >= 0.3 is 10.1 Å². The fourth-order valence-electron chi connectivity index (χ4n) is 2.10. The Labute approximate surface area is 148 Å². The van der Waals surface area contributed by atoms with Crippen LogP contribution in [0.25, 0.3) is 0 Å². The molecule has 8 heteroatoms. The van der Waals surface area contributed by atoms with E-state index in [9.17, 15) is 17.6 Å². The summed E-state index contributed by atoms with van der Waals surface area (Å²) in [7, 11) is -5.07. The number of ketones is 1. The van der Waals surface area contributed by atoms with Crippen molar-refractivity contribution in [3.05, 3.63) is 83.2 Å². The molecule has 1 aliphatic rings. The van der Waals surface area contributed by atoms with Crippen LogP contribution in [0.3, 0.4) is 0 Å². The van der Waals surface area contributed by atoms with Crippen molar-refractivity contribution in [2.45, 2.75) is 11.8 Å². The standard InChI is InChI=1S/C17H14FNO5S/c18-13-8-4-7-12(9-13)15-14(20)16(17(19)23-15)24-25(21,22)10-11-5-2-1-3-6-11/h1-9,15H,10,19H2/t15-/m0/s1/i10D2,15D. The van der Waals surface area contributed by atoms with Gasteiger partial charge in [0.15, 0.2) is 6.08 Å². The smallest absolute Gasteiger partial charge is 0.313 e. The van der Waals surface area contributed by atoms with Crippen molar-refractivity contribution >= 4 is 15.9 Å². The minimum Gasteiger partial charge on any atom is -0.460 e. The molecular formula is C17H14FNO5S. The maximum absolute atomic E-state index is 13.5. The fourth-order valence-corrected chi connectivity index (χ4v) is 2.94. The number of carbonyl (C=O) groups excluding carboxylic acids is 1. The van der Waals surface area contributed by atoms with Crippen molar-refractivity contribution < 1.29 is 30.6 Å². The summed E-state index contributed by atoms with van der Waals surface area (Å²) in [6, 6.07) is 11.3. The molecule has 3 rings (SSSR count). The maximum Gasteiger partial charge on any atom is 0.313 e. The van der Waals surface area contributed by atoms with Crippen molar-refractivity contribution in [3.8, 4) is 0 Å². The highest BCUT2D eigenvalue weighted by Crippen LogP contribution is 2.32. The Hall–Kier alpha value is -2.87. The number of hydrogen-bond donors (Lipinski definition) is 1. The second-order valence-corrected chi connectivity index (χ2v) is 6.25. The molecule has 0 spiro atoms. The van der Waals surface area contributed by atoms with Crippen LogP contribution in [0, 0.1) is 5.82 Å². The molecular weight excluding hydrogens is 349 g/mol. The normalized spacial score (nSPS) is 22.8. The average Bonchev–Trinajstić information content (AvgIpc) is 2.86. The van der Waals surface area contributed by atoms with Crippen molar-refractivity contribution in [2.24, 2.45) is 5.73 Å². The van der Waals surface area contributed by atoms with Gasteiger partial charge in [0.2, 0.25) is 17.4 Å². The van der Waals surface area contributed by atoms with Crippen molar-refractivity contribution in [1.82, 2.24) is 0 Å². The van der Waals surface area contributed by atoms with Crippen LogP contribution in [-0.2, 0) is 29.5 Å². The van der Waals surface area contributed by atoms with Crippen LogP contribution in [0.4, 0.5) is 4.39 Å². The summed E-state index contributed by atoms with van der Waals surface area (Å²) in [4.78, 5) is 12.6. The van der Waals surface area contributed by atoms with Gasteiger partial charge in [-0.05, 0) is 17.7 Å². The molecule has 0 aliphatic carbocycles. The first kappa shape index (κ1) is 13.4. The Bertz CT molecular complexity index is 1080. The number of rotatable bonds is 5. The van der Waals surface area contributed by atoms with E-state index in [1.165, 1.54) is 36.4 Å². The molecule has 0 fully saturated rings. The zero-order valence-electron chi connectivity index (χ0n) is 15.6. The average molecular weight is 366 g/mol. The monoisotopic (exact) mass is 366 g/mol. The Morgan fingerprint density at radius 2 is 1.96 bits per heavy atom. The van der Waals surface area contributed by atoms with E-state index in [2.05, 4.69) is 4.18 Å². The predicted molar refractivity (Wildman–Crippen MR) is 86.6 cm³/mol. The van der Waals surface area contributed by atoms with E-state index >= 15 is 0 Å². The highest BCUT2D eigenvalue weighted by Gasteiger charge is 2.39. The van der Waals surface area contributed by atoms with E-state index in [0.717, 1.165) is 12.1 Å². The van der Waals surface area contributed by atoms with Gasteiger partial charge in [-0.1, -0.05) is 42.5 Å². The minimum absolute atomic E-state index is 0.234. The van der Waals surface area contributed by atoms with Crippen LogP contribution >= 0.6 is 0 Å². The van der Waals surface area contributed by atoms with E-state index in [0.29, 0.717) is 0 Å². The van der Waals surface area contributed by atoms with E-state index in [4.69, 9.17) is 14.6 Å². The van der Waals surface area contributed by atoms with Crippen LogP contribution in [0.15, 0.2) is 66.2 Å². The maximum atomic E-state index is 13.5. The first-order chi connectivity index (χ1) is 13.0. The largest absolute Gasteiger partial charge is 0.460 e. The number of ether oxygens (including phenoxy) is 1. The fraction of sp³-hybridized carbons (Fsp3) is 0.118. The van der Waals surface area contributed by atoms with Gasteiger partial charge in [-0.15, -0.1) is 0 Å². The summed E-state index contributed by atoms with van der Waals surface area (Å²) in [6.07, 6.45) is -2.56. The van der Waals surface area contributed by atoms with Crippen LogP contribution in [0.1, 0.15) is 21.3 Å². The zero-order valence-corrected chi connectivity index (χ0v) is 13.4. The zero-order chi connectivity index (χ0) is 20.7. The van der Waals surface area contributed by atoms with Gasteiger partial charge in [0.25, 0.3) is 0 Å². The molecule has 2 aromatic carbocycles. The molecule has 0 amide bonds.